The predicted octanol–water partition coefficient (Wildman–Crippen LogP) is -0.740. The average Bonchev–Trinajstić information content (AvgIpc) is 1.66. The second-order valence-corrected chi connectivity index (χ2v) is 1.24. The largest absolute Gasteiger partial charge is 0.291 e. The van der Waals surface area contributed by atoms with Crippen molar-refractivity contribution in [2.45, 2.75) is 6.92 Å². The predicted molar refractivity (Wildman–Crippen MR) is 30.7 cm³/mol. The highest BCUT2D eigenvalue weighted by Gasteiger charge is 1.82. The molecule has 0 atom stereocenters. The molecule has 44 valence electrons. The van der Waals surface area contributed by atoms with Crippen LogP contribution in [-0.2, 0) is 4.79 Å². The van der Waals surface area contributed by atoms with Crippen molar-refractivity contribution in [3.8, 4) is 12.3 Å². The quantitative estimate of drug-likeness (QED) is 0.280. The van der Waals surface area contributed by atoms with E-state index in [4.69, 9.17) is 6.42 Å². The van der Waals surface area contributed by atoms with Crippen LogP contribution in [0.5, 0.6) is 0 Å². The molecule has 0 bridgehead atoms. The summed E-state index contributed by atoms with van der Waals surface area (Å²) in [6, 6.07) is 0. The Labute approximate surface area is 48.4 Å². The minimum absolute atomic E-state index is 0.139. The molecule has 3 heteroatoms. The monoisotopic (exact) mass is 112 g/mol. The number of terminal acetylenes is 1. The summed E-state index contributed by atoms with van der Waals surface area (Å²) in [6.45, 7) is 1.77. The smallest absolute Gasteiger partial charge is 0.230 e. The van der Waals surface area contributed by atoms with Crippen LogP contribution in [0.2, 0.25) is 0 Å². The SMILES string of the molecule is C#CCNNC(C)=O. The van der Waals surface area contributed by atoms with Gasteiger partial charge in [0.25, 0.3) is 0 Å². The summed E-state index contributed by atoms with van der Waals surface area (Å²) in [4.78, 5) is 10.1. The van der Waals surface area contributed by atoms with Gasteiger partial charge in [-0.3, -0.25) is 10.2 Å². The molecule has 0 radical (unpaired) electrons. The lowest BCUT2D eigenvalue weighted by Gasteiger charge is -1.96. The first kappa shape index (κ1) is 6.99. The van der Waals surface area contributed by atoms with Gasteiger partial charge in [-0.1, -0.05) is 5.92 Å². The zero-order chi connectivity index (χ0) is 6.41. The maximum absolute atomic E-state index is 10.1. The summed E-state index contributed by atoms with van der Waals surface area (Å²) in [7, 11) is 0. The molecule has 0 aromatic rings. The van der Waals surface area contributed by atoms with Crippen molar-refractivity contribution in [1.29, 1.82) is 0 Å². The van der Waals surface area contributed by atoms with Gasteiger partial charge in [0.1, 0.15) is 0 Å². The normalized spacial score (nSPS) is 7.50. The number of rotatable bonds is 2. The Bertz CT molecular complexity index is 114. The molecule has 0 aromatic heterocycles. The fraction of sp³-hybridized carbons (Fsp3) is 0.400. The number of carbonyl (C=O) groups excluding carboxylic acids is 1. The number of nitrogens with one attached hydrogen (secondary N) is 2. The third kappa shape index (κ3) is 4.99. The number of hydrogen-bond acceptors (Lipinski definition) is 2. The molecule has 0 spiro atoms. The molecule has 0 unspecified atom stereocenters. The van der Waals surface area contributed by atoms with E-state index in [-0.39, 0.29) is 5.91 Å². The summed E-state index contributed by atoms with van der Waals surface area (Å²) in [5.74, 6) is 2.16. The van der Waals surface area contributed by atoms with Crippen LogP contribution in [0, 0.1) is 12.3 Å². The number of hydrogen-bond donors (Lipinski definition) is 2. The minimum atomic E-state index is -0.139. The van der Waals surface area contributed by atoms with E-state index in [2.05, 4.69) is 16.8 Å². The van der Waals surface area contributed by atoms with Crippen LogP contribution in [0.4, 0.5) is 0 Å². The molecule has 0 fully saturated rings. The molecule has 2 N–H and O–H groups in total. The number of carbonyl (C=O) groups is 1. The van der Waals surface area contributed by atoms with E-state index < -0.39 is 0 Å². The average molecular weight is 112 g/mol. The molecule has 0 saturated heterocycles. The topological polar surface area (TPSA) is 41.1 Å². The van der Waals surface area contributed by atoms with Gasteiger partial charge in [-0.05, 0) is 0 Å². The van der Waals surface area contributed by atoms with Crippen molar-refractivity contribution in [3.05, 3.63) is 0 Å². The van der Waals surface area contributed by atoms with Crippen molar-refractivity contribution in [2.75, 3.05) is 6.54 Å². The summed E-state index contributed by atoms with van der Waals surface area (Å²) in [5.41, 5.74) is 4.81. The van der Waals surface area contributed by atoms with E-state index in [0.717, 1.165) is 0 Å². The lowest BCUT2D eigenvalue weighted by atomic mass is 10.7. The van der Waals surface area contributed by atoms with Crippen molar-refractivity contribution >= 4 is 5.91 Å². The van der Waals surface area contributed by atoms with Crippen LogP contribution in [0.25, 0.3) is 0 Å². The zero-order valence-electron chi connectivity index (χ0n) is 4.69. The highest BCUT2D eigenvalue weighted by molar-refractivity contribution is 5.72. The first-order chi connectivity index (χ1) is 3.77. The van der Waals surface area contributed by atoms with Gasteiger partial charge in [0.05, 0.1) is 6.54 Å². The molecule has 0 aliphatic rings. The molecule has 3 nitrogen and oxygen atoms in total. The Hall–Kier alpha value is -1.01. The lowest BCUT2D eigenvalue weighted by molar-refractivity contribution is -0.119. The molecule has 0 heterocycles. The van der Waals surface area contributed by atoms with Gasteiger partial charge in [-0.15, -0.1) is 6.42 Å². The van der Waals surface area contributed by atoms with Crippen LogP contribution in [0.3, 0.4) is 0 Å². The summed E-state index contributed by atoms with van der Waals surface area (Å²) in [5, 5.41) is 0. The maximum atomic E-state index is 10.1. The Kier molecular flexibility index (Phi) is 3.63. The summed E-state index contributed by atoms with van der Waals surface area (Å²) < 4.78 is 0. The third-order valence-electron chi connectivity index (χ3n) is 0.455. The van der Waals surface area contributed by atoms with Crippen molar-refractivity contribution < 1.29 is 4.79 Å². The Morgan fingerprint density at radius 2 is 2.50 bits per heavy atom. The van der Waals surface area contributed by atoms with Gasteiger partial charge in [0, 0.05) is 6.92 Å². The van der Waals surface area contributed by atoms with E-state index in [1.807, 2.05) is 0 Å². The second kappa shape index (κ2) is 4.16. The fourth-order valence-electron chi connectivity index (χ4n) is 0.220. The molecule has 1 amide bonds. The van der Waals surface area contributed by atoms with E-state index in [0.29, 0.717) is 6.54 Å². The van der Waals surface area contributed by atoms with Gasteiger partial charge in [-0.25, -0.2) is 5.43 Å². The van der Waals surface area contributed by atoms with Crippen LogP contribution in [-0.4, -0.2) is 12.5 Å². The Balaban J connectivity index is 2.97. The fourth-order valence-corrected chi connectivity index (χ4v) is 0.220. The molecule has 0 rings (SSSR count). The number of amides is 1. The van der Waals surface area contributed by atoms with Gasteiger partial charge >= 0.3 is 0 Å². The molecule has 0 saturated carbocycles. The minimum Gasteiger partial charge on any atom is -0.291 e. The third-order valence-corrected chi connectivity index (χ3v) is 0.455. The first-order valence-electron chi connectivity index (χ1n) is 2.20. The second-order valence-electron chi connectivity index (χ2n) is 1.24. The van der Waals surface area contributed by atoms with Crippen molar-refractivity contribution in [3.63, 3.8) is 0 Å². The van der Waals surface area contributed by atoms with E-state index in [1.165, 1.54) is 6.92 Å². The first-order valence-corrected chi connectivity index (χ1v) is 2.20. The van der Waals surface area contributed by atoms with Gasteiger partial charge in [0.15, 0.2) is 0 Å². The molecular formula is C5H8N2O. The number of hydrazine groups is 1. The van der Waals surface area contributed by atoms with Crippen molar-refractivity contribution in [1.82, 2.24) is 10.9 Å². The molecule has 0 aromatic carbocycles. The maximum Gasteiger partial charge on any atom is 0.230 e. The van der Waals surface area contributed by atoms with Crippen molar-refractivity contribution in [2.24, 2.45) is 0 Å². The standard InChI is InChI=1S/C5H8N2O/c1-3-4-6-7-5(2)8/h1,6H,4H2,2H3,(H,7,8). The van der Waals surface area contributed by atoms with Crippen LogP contribution in [0.15, 0.2) is 0 Å². The molecule has 0 aliphatic heterocycles. The Morgan fingerprint density at radius 3 is 2.88 bits per heavy atom. The van der Waals surface area contributed by atoms with Gasteiger partial charge in [-0.2, -0.15) is 0 Å². The Morgan fingerprint density at radius 1 is 1.88 bits per heavy atom. The van der Waals surface area contributed by atoms with E-state index >= 15 is 0 Å². The van der Waals surface area contributed by atoms with Crippen LogP contribution >= 0.6 is 0 Å². The molecule has 0 aliphatic carbocycles. The highest BCUT2D eigenvalue weighted by atomic mass is 16.2. The molecule has 8 heavy (non-hydrogen) atoms. The zero-order valence-corrected chi connectivity index (χ0v) is 4.69. The lowest BCUT2D eigenvalue weighted by Crippen LogP contribution is -2.35. The molecular weight excluding hydrogens is 104 g/mol. The van der Waals surface area contributed by atoms with Gasteiger partial charge in [0.2, 0.25) is 5.91 Å². The summed E-state index contributed by atoms with van der Waals surface area (Å²) >= 11 is 0. The summed E-state index contributed by atoms with van der Waals surface area (Å²) in [6.07, 6.45) is 4.85. The van der Waals surface area contributed by atoms with E-state index in [1.54, 1.807) is 0 Å². The van der Waals surface area contributed by atoms with Crippen LogP contribution < -0.4 is 10.9 Å². The van der Waals surface area contributed by atoms with Crippen LogP contribution in [0.1, 0.15) is 6.92 Å². The van der Waals surface area contributed by atoms with Gasteiger partial charge < -0.3 is 0 Å². The highest BCUT2D eigenvalue weighted by Crippen LogP contribution is 1.51. The van der Waals surface area contributed by atoms with E-state index in [9.17, 15) is 4.79 Å².